The molecule has 0 unspecified atom stereocenters. The number of nitrogens with zero attached hydrogens (tertiary/aromatic N) is 1. The average molecular weight is 194 g/mol. The molecule has 0 saturated heterocycles. The number of aromatic hydroxyl groups is 1. The molecule has 2 nitrogen and oxygen atoms in total. The van der Waals surface area contributed by atoms with Crippen LogP contribution in [0.25, 0.3) is 10.8 Å². The molecule has 3 heteroatoms. The Balaban J connectivity index is 2.92. The first kappa shape index (κ1) is 8.32. The summed E-state index contributed by atoms with van der Waals surface area (Å²) in [6.45, 7) is 1.94. The van der Waals surface area contributed by atoms with Crippen LogP contribution in [0.1, 0.15) is 5.56 Å². The van der Waals surface area contributed by atoms with Gasteiger partial charge in [0.05, 0.1) is 0 Å². The normalized spacial score (nSPS) is 10.6. The zero-order valence-electron chi connectivity index (χ0n) is 7.08. The molecule has 13 heavy (non-hydrogen) atoms. The van der Waals surface area contributed by atoms with Crippen LogP contribution in [0.4, 0.5) is 0 Å². The van der Waals surface area contributed by atoms with Gasteiger partial charge in [-0.2, -0.15) is 0 Å². The standard InChI is InChI=1S/C10H8ClNO/c1-6-5-12-10(11)8-3-2-7(13)4-9(6)8/h2-5,13H,1H3. The molecule has 0 radical (unpaired) electrons. The molecule has 0 spiro atoms. The summed E-state index contributed by atoms with van der Waals surface area (Å²) in [4.78, 5) is 4.02. The minimum absolute atomic E-state index is 0.248. The lowest BCUT2D eigenvalue weighted by Crippen LogP contribution is -1.83. The molecule has 2 rings (SSSR count). The zero-order chi connectivity index (χ0) is 9.42. The third kappa shape index (κ3) is 1.33. The Bertz CT molecular complexity index is 468. The summed E-state index contributed by atoms with van der Waals surface area (Å²) in [5.74, 6) is 0.248. The van der Waals surface area contributed by atoms with E-state index in [2.05, 4.69) is 4.98 Å². The topological polar surface area (TPSA) is 33.1 Å². The van der Waals surface area contributed by atoms with Crippen LogP contribution in [-0.4, -0.2) is 10.1 Å². The van der Waals surface area contributed by atoms with E-state index < -0.39 is 0 Å². The number of hydrogen-bond acceptors (Lipinski definition) is 2. The molecular formula is C10H8ClNO. The van der Waals surface area contributed by atoms with Crippen molar-refractivity contribution in [3.8, 4) is 5.75 Å². The molecule has 1 aromatic heterocycles. The summed E-state index contributed by atoms with van der Waals surface area (Å²) in [5, 5.41) is 11.6. The van der Waals surface area contributed by atoms with Crippen molar-refractivity contribution in [2.24, 2.45) is 0 Å². The summed E-state index contributed by atoms with van der Waals surface area (Å²) < 4.78 is 0. The summed E-state index contributed by atoms with van der Waals surface area (Å²) in [5.41, 5.74) is 1.01. The first-order valence-electron chi connectivity index (χ1n) is 3.92. The van der Waals surface area contributed by atoms with Gasteiger partial charge < -0.3 is 5.11 Å². The minimum Gasteiger partial charge on any atom is -0.508 e. The maximum atomic E-state index is 9.28. The molecule has 2 aromatic rings. The number of benzene rings is 1. The van der Waals surface area contributed by atoms with Crippen molar-refractivity contribution in [3.63, 3.8) is 0 Å². The van der Waals surface area contributed by atoms with Gasteiger partial charge in [-0.1, -0.05) is 11.6 Å². The van der Waals surface area contributed by atoms with Crippen molar-refractivity contribution in [3.05, 3.63) is 35.1 Å². The van der Waals surface area contributed by atoms with Gasteiger partial charge in [0.1, 0.15) is 10.9 Å². The molecule has 0 atom stereocenters. The Morgan fingerprint density at radius 2 is 2.08 bits per heavy atom. The highest BCUT2D eigenvalue weighted by Crippen LogP contribution is 2.26. The second-order valence-corrected chi connectivity index (χ2v) is 3.32. The molecule has 1 heterocycles. The Kier molecular flexibility index (Phi) is 1.85. The van der Waals surface area contributed by atoms with E-state index in [9.17, 15) is 5.11 Å². The molecule has 1 N–H and O–H groups in total. The van der Waals surface area contributed by atoms with Crippen molar-refractivity contribution in [1.29, 1.82) is 0 Å². The van der Waals surface area contributed by atoms with Gasteiger partial charge in [-0.05, 0) is 36.1 Å². The van der Waals surface area contributed by atoms with E-state index in [-0.39, 0.29) is 5.75 Å². The fraction of sp³-hybridized carbons (Fsp3) is 0.100. The molecule has 1 aromatic carbocycles. The lowest BCUT2D eigenvalue weighted by atomic mass is 10.1. The SMILES string of the molecule is Cc1cnc(Cl)c2ccc(O)cc12. The van der Waals surface area contributed by atoms with Crippen LogP contribution >= 0.6 is 11.6 Å². The first-order valence-corrected chi connectivity index (χ1v) is 4.30. The highest BCUT2D eigenvalue weighted by molar-refractivity contribution is 6.34. The molecule has 0 fully saturated rings. The summed E-state index contributed by atoms with van der Waals surface area (Å²) in [7, 11) is 0. The largest absolute Gasteiger partial charge is 0.508 e. The van der Waals surface area contributed by atoms with Crippen LogP contribution in [0.5, 0.6) is 5.75 Å². The molecule has 0 bridgehead atoms. The van der Waals surface area contributed by atoms with Crippen molar-refractivity contribution < 1.29 is 5.11 Å². The van der Waals surface area contributed by atoms with Gasteiger partial charge in [-0.25, -0.2) is 4.98 Å². The van der Waals surface area contributed by atoms with Crippen molar-refractivity contribution in [2.75, 3.05) is 0 Å². The van der Waals surface area contributed by atoms with E-state index >= 15 is 0 Å². The number of hydrogen-bond donors (Lipinski definition) is 1. The number of phenolic OH excluding ortho intramolecular Hbond substituents is 1. The van der Waals surface area contributed by atoms with E-state index in [4.69, 9.17) is 11.6 Å². The van der Waals surface area contributed by atoms with Crippen LogP contribution in [0.3, 0.4) is 0 Å². The lowest BCUT2D eigenvalue weighted by Gasteiger charge is -2.03. The van der Waals surface area contributed by atoms with Crippen molar-refractivity contribution in [1.82, 2.24) is 4.98 Å². The molecule has 0 amide bonds. The van der Waals surface area contributed by atoms with Gasteiger partial charge >= 0.3 is 0 Å². The quantitative estimate of drug-likeness (QED) is 0.653. The number of phenols is 1. The zero-order valence-corrected chi connectivity index (χ0v) is 7.84. The fourth-order valence-electron chi connectivity index (χ4n) is 1.33. The van der Waals surface area contributed by atoms with Crippen LogP contribution in [0.15, 0.2) is 24.4 Å². The van der Waals surface area contributed by atoms with Crippen molar-refractivity contribution in [2.45, 2.75) is 6.92 Å². The van der Waals surface area contributed by atoms with Gasteiger partial charge in [0.25, 0.3) is 0 Å². The third-order valence-corrected chi connectivity index (χ3v) is 2.32. The monoisotopic (exact) mass is 193 g/mol. The van der Waals surface area contributed by atoms with Gasteiger partial charge in [-0.15, -0.1) is 0 Å². The first-order chi connectivity index (χ1) is 6.18. The van der Waals surface area contributed by atoms with Crippen LogP contribution in [-0.2, 0) is 0 Å². The Morgan fingerprint density at radius 1 is 1.31 bits per heavy atom. The van der Waals surface area contributed by atoms with Gasteiger partial charge in [-0.3, -0.25) is 0 Å². The van der Waals surface area contributed by atoms with Crippen molar-refractivity contribution >= 4 is 22.4 Å². The minimum atomic E-state index is 0.248. The predicted molar refractivity (Wildman–Crippen MR) is 53.2 cm³/mol. The second-order valence-electron chi connectivity index (χ2n) is 2.96. The van der Waals surface area contributed by atoms with Gasteiger partial charge in [0.2, 0.25) is 0 Å². The Hall–Kier alpha value is -1.28. The van der Waals surface area contributed by atoms with E-state index in [1.807, 2.05) is 6.92 Å². The van der Waals surface area contributed by atoms with E-state index in [1.54, 1.807) is 24.4 Å². The van der Waals surface area contributed by atoms with Crippen LogP contribution in [0, 0.1) is 6.92 Å². The van der Waals surface area contributed by atoms with Crippen LogP contribution in [0.2, 0.25) is 5.15 Å². The highest BCUT2D eigenvalue weighted by atomic mass is 35.5. The maximum Gasteiger partial charge on any atom is 0.136 e. The Labute approximate surface area is 80.8 Å². The summed E-state index contributed by atoms with van der Waals surface area (Å²) >= 11 is 5.89. The maximum absolute atomic E-state index is 9.28. The number of aromatic nitrogens is 1. The number of rotatable bonds is 0. The predicted octanol–water partition coefficient (Wildman–Crippen LogP) is 2.90. The molecular weight excluding hydrogens is 186 g/mol. The summed E-state index contributed by atoms with van der Waals surface area (Å²) in [6.07, 6.45) is 1.70. The number of halogens is 1. The number of pyridine rings is 1. The van der Waals surface area contributed by atoms with E-state index in [1.165, 1.54) is 0 Å². The lowest BCUT2D eigenvalue weighted by molar-refractivity contribution is 0.476. The smallest absolute Gasteiger partial charge is 0.136 e. The highest BCUT2D eigenvalue weighted by Gasteiger charge is 2.03. The molecule has 0 aliphatic carbocycles. The Morgan fingerprint density at radius 3 is 2.85 bits per heavy atom. The van der Waals surface area contributed by atoms with E-state index in [0.29, 0.717) is 5.15 Å². The molecule has 0 aliphatic rings. The fourth-order valence-corrected chi connectivity index (χ4v) is 1.54. The molecule has 66 valence electrons. The third-order valence-electron chi connectivity index (χ3n) is 2.02. The molecule has 0 aliphatic heterocycles. The van der Waals surface area contributed by atoms with Crippen LogP contribution < -0.4 is 0 Å². The van der Waals surface area contributed by atoms with Gasteiger partial charge in [0, 0.05) is 11.6 Å². The average Bonchev–Trinajstić information content (AvgIpc) is 2.12. The molecule has 0 saturated carbocycles. The second kappa shape index (κ2) is 2.89. The number of fused-ring (bicyclic) bond motifs is 1. The van der Waals surface area contributed by atoms with Gasteiger partial charge in [0.15, 0.2) is 0 Å². The number of aryl methyl sites for hydroxylation is 1. The summed E-state index contributed by atoms with van der Waals surface area (Å²) in [6, 6.07) is 5.07. The van der Waals surface area contributed by atoms with E-state index in [0.717, 1.165) is 16.3 Å².